The molecule has 1 aromatic carbocycles. The molecular weight excluding hydrogens is 136 g/mol. The van der Waals surface area contributed by atoms with Gasteiger partial charge in [0, 0.05) is 19.8 Å². The lowest BCUT2D eigenvalue weighted by atomic mass is 10.2. The van der Waals surface area contributed by atoms with Gasteiger partial charge in [-0.25, -0.2) is 0 Å². The van der Waals surface area contributed by atoms with Crippen molar-refractivity contribution in [1.82, 2.24) is 0 Å². The molecule has 0 aliphatic carbocycles. The molecule has 0 radical (unpaired) electrons. The van der Waals surface area contributed by atoms with E-state index in [1.165, 1.54) is 5.69 Å². The lowest BCUT2D eigenvalue weighted by molar-refractivity contribution is 1.13. The maximum atomic E-state index is 4.09. The molecule has 0 saturated heterocycles. The molecular formula is C9H13N2-. The van der Waals surface area contributed by atoms with E-state index in [2.05, 4.69) is 22.3 Å². The van der Waals surface area contributed by atoms with Crippen molar-refractivity contribution in [3.63, 3.8) is 0 Å². The van der Waals surface area contributed by atoms with Crippen LogP contribution in [0.5, 0.6) is 0 Å². The molecule has 11 heavy (non-hydrogen) atoms. The van der Waals surface area contributed by atoms with Gasteiger partial charge in [0.15, 0.2) is 0 Å². The van der Waals surface area contributed by atoms with Gasteiger partial charge in [0.2, 0.25) is 0 Å². The van der Waals surface area contributed by atoms with Crippen LogP contribution in [-0.4, -0.2) is 21.1 Å². The molecule has 0 bridgehead atoms. The minimum absolute atomic E-state index is 1.02. The molecule has 0 fully saturated rings. The van der Waals surface area contributed by atoms with Crippen molar-refractivity contribution in [3.05, 3.63) is 29.6 Å². The largest absolute Gasteiger partial charge is 0.687 e. The monoisotopic (exact) mass is 149 g/mol. The molecule has 0 aliphatic heterocycles. The fraction of sp³-hybridized carbons (Fsp3) is 0.333. The summed E-state index contributed by atoms with van der Waals surface area (Å²) in [7, 11) is 5.85. The number of hydrogen-bond acceptors (Lipinski definition) is 1. The van der Waals surface area contributed by atoms with Crippen molar-refractivity contribution in [2.24, 2.45) is 0 Å². The van der Waals surface area contributed by atoms with Crippen LogP contribution in [0.2, 0.25) is 0 Å². The Hall–Kier alpha value is -1.18. The van der Waals surface area contributed by atoms with Crippen LogP contribution in [0.25, 0.3) is 5.32 Å². The van der Waals surface area contributed by atoms with Crippen molar-refractivity contribution >= 4 is 11.4 Å². The van der Waals surface area contributed by atoms with E-state index in [9.17, 15) is 0 Å². The van der Waals surface area contributed by atoms with Crippen LogP contribution in [0, 0.1) is 0 Å². The predicted octanol–water partition coefficient (Wildman–Crippen LogP) is 2.39. The van der Waals surface area contributed by atoms with E-state index in [4.69, 9.17) is 0 Å². The molecule has 0 spiro atoms. The molecule has 2 heteroatoms. The Morgan fingerprint density at radius 3 is 2.55 bits per heavy atom. The smallest absolute Gasteiger partial charge is 0.0348 e. The minimum atomic E-state index is 1.02. The Balaban J connectivity index is 2.91. The number of hydrogen-bond donors (Lipinski definition) is 0. The zero-order valence-electron chi connectivity index (χ0n) is 7.20. The van der Waals surface area contributed by atoms with Crippen LogP contribution in [-0.2, 0) is 0 Å². The Morgan fingerprint density at radius 2 is 2.00 bits per heavy atom. The first-order valence-electron chi connectivity index (χ1n) is 3.61. The summed E-state index contributed by atoms with van der Waals surface area (Å²) in [5, 5.41) is 4.09. The molecule has 1 rings (SSSR count). The van der Waals surface area contributed by atoms with Crippen molar-refractivity contribution in [2.45, 2.75) is 0 Å². The molecule has 1 aromatic rings. The SMILES string of the molecule is C[N-]c1cccc(N(C)C)c1. The van der Waals surface area contributed by atoms with Crippen LogP contribution in [0.1, 0.15) is 0 Å². The van der Waals surface area contributed by atoms with E-state index < -0.39 is 0 Å². The summed E-state index contributed by atoms with van der Waals surface area (Å²) < 4.78 is 0. The molecule has 60 valence electrons. The van der Waals surface area contributed by atoms with Gasteiger partial charge >= 0.3 is 0 Å². The quantitative estimate of drug-likeness (QED) is 0.631. The van der Waals surface area contributed by atoms with Crippen molar-refractivity contribution in [3.8, 4) is 0 Å². The minimum Gasteiger partial charge on any atom is -0.687 e. The van der Waals surface area contributed by atoms with Gasteiger partial charge in [-0.3, -0.25) is 0 Å². The second-order valence-corrected chi connectivity index (χ2v) is 2.64. The average molecular weight is 149 g/mol. The van der Waals surface area contributed by atoms with E-state index >= 15 is 0 Å². The summed E-state index contributed by atoms with van der Waals surface area (Å²) in [6.45, 7) is 0. The fourth-order valence-corrected chi connectivity index (χ4v) is 0.910. The fourth-order valence-electron chi connectivity index (χ4n) is 0.910. The zero-order valence-corrected chi connectivity index (χ0v) is 7.20. The van der Waals surface area contributed by atoms with Crippen molar-refractivity contribution < 1.29 is 0 Å². The van der Waals surface area contributed by atoms with Crippen LogP contribution in [0.15, 0.2) is 24.3 Å². The zero-order chi connectivity index (χ0) is 8.27. The second-order valence-electron chi connectivity index (χ2n) is 2.64. The third kappa shape index (κ3) is 1.87. The lowest BCUT2D eigenvalue weighted by Crippen LogP contribution is -2.07. The highest BCUT2D eigenvalue weighted by molar-refractivity contribution is 5.59. The Kier molecular flexibility index (Phi) is 2.36. The van der Waals surface area contributed by atoms with Gasteiger partial charge in [-0.15, -0.1) is 12.7 Å². The summed E-state index contributed by atoms with van der Waals surface area (Å²) in [6, 6.07) is 8.12. The van der Waals surface area contributed by atoms with Gasteiger partial charge in [0.1, 0.15) is 0 Å². The predicted molar refractivity (Wildman–Crippen MR) is 49.7 cm³/mol. The van der Waals surface area contributed by atoms with Crippen molar-refractivity contribution in [1.29, 1.82) is 0 Å². The standard InChI is InChI=1S/C9H13N2/c1-10-8-5-4-6-9(7-8)11(2)3/h4-7H,1-3H3/q-1. The number of rotatable bonds is 2. The summed E-state index contributed by atoms with van der Waals surface area (Å²) in [4.78, 5) is 2.06. The molecule has 0 N–H and O–H groups in total. The first-order chi connectivity index (χ1) is 5.24. The molecule has 0 amide bonds. The summed E-state index contributed by atoms with van der Waals surface area (Å²) >= 11 is 0. The maximum absolute atomic E-state index is 4.09. The highest BCUT2D eigenvalue weighted by Gasteiger charge is 1.90. The van der Waals surface area contributed by atoms with E-state index in [-0.39, 0.29) is 0 Å². The summed E-state index contributed by atoms with van der Waals surface area (Å²) in [5.74, 6) is 0. The number of anilines is 1. The molecule has 0 aliphatic rings. The van der Waals surface area contributed by atoms with E-state index in [0.717, 1.165) is 5.69 Å². The highest BCUT2D eigenvalue weighted by Crippen LogP contribution is 2.21. The van der Waals surface area contributed by atoms with Gasteiger partial charge in [0.25, 0.3) is 0 Å². The average Bonchev–Trinajstić information content (AvgIpc) is 2.05. The third-order valence-electron chi connectivity index (χ3n) is 1.60. The van der Waals surface area contributed by atoms with E-state index in [1.54, 1.807) is 7.05 Å². The van der Waals surface area contributed by atoms with E-state index in [1.807, 2.05) is 26.2 Å². The highest BCUT2D eigenvalue weighted by atomic mass is 15.1. The Labute approximate surface area is 67.8 Å². The number of nitrogens with zero attached hydrogens (tertiary/aromatic N) is 2. The van der Waals surface area contributed by atoms with Crippen LogP contribution in [0.3, 0.4) is 0 Å². The molecule has 0 unspecified atom stereocenters. The van der Waals surface area contributed by atoms with Crippen LogP contribution >= 0.6 is 0 Å². The van der Waals surface area contributed by atoms with Crippen LogP contribution < -0.4 is 4.90 Å². The topological polar surface area (TPSA) is 17.3 Å². The van der Waals surface area contributed by atoms with Gasteiger partial charge in [-0.1, -0.05) is 18.2 Å². The third-order valence-corrected chi connectivity index (χ3v) is 1.60. The van der Waals surface area contributed by atoms with Crippen LogP contribution in [0.4, 0.5) is 11.4 Å². The number of benzene rings is 1. The summed E-state index contributed by atoms with van der Waals surface area (Å²) in [6.07, 6.45) is 0. The maximum Gasteiger partial charge on any atom is 0.0348 e. The lowest BCUT2D eigenvalue weighted by Gasteiger charge is -2.18. The molecule has 0 saturated carbocycles. The Morgan fingerprint density at radius 1 is 1.27 bits per heavy atom. The van der Waals surface area contributed by atoms with E-state index in [0.29, 0.717) is 0 Å². The van der Waals surface area contributed by atoms with Gasteiger partial charge in [-0.05, 0) is 6.07 Å². The van der Waals surface area contributed by atoms with Gasteiger partial charge in [0.05, 0.1) is 0 Å². The second kappa shape index (κ2) is 3.28. The first-order valence-corrected chi connectivity index (χ1v) is 3.61. The normalized spacial score (nSPS) is 9.36. The molecule has 0 aromatic heterocycles. The molecule has 2 nitrogen and oxygen atoms in total. The van der Waals surface area contributed by atoms with Crippen molar-refractivity contribution in [2.75, 3.05) is 26.0 Å². The molecule has 0 atom stereocenters. The van der Waals surface area contributed by atoms with Gasteiger partial charge < -0.3 is 10.2 Å². The molecule has 0 heterocycles. The Bertz CT molecular complexity index is 231. The summed E-state index contributed by atoms with van der Waals surface area (Å²) in [5.41, 5.74) is 2.21. The van der Waals surface area contributed by atoms with Gasteiger partial charge in [-0.2, -0.15) is 0 Å². The first kappa shape index (κ1) is 7.92.